The molecular formula is C27H36O5SSi. The van der Waals surface area contributed by atoms with Gasteiger partial charge in [0.25, 0.3) is 13.4 Å². The summed E-state index contributed by atoms with van der Waals surface area (Å²) >= 11 is 1.48. The molecule has 0 aliphatic carbocycles. The van der Waals surface area contributed by atoms with Crippen molar-refractivity contribution in [2.75, 3.05) is 0 Å². The summed E-state index contributed by atoms with van der Waals surface area (Å²) in [6.45, 7) is 15.9. The molecule has 2 aliphatic rings. The monoisotopic (exact) mass is 500 g/mol. The van der Waals surface area contributed by atoms with Crippen molar-refractivity contribution < 1.29 is 23.4 Å². The van der Waals surface area contributed by atoms with Gasteiger partial charge in [-0.3, -0.25) is 4.79 Å². The third-order valence-electron chi connectivity index (χ3n) is 6.77. The summed E-state index contributed by atoms with van der Waals surface area (Å²) in [6, 6.07) is 20.7. The quantitative estimate of drug-likeness (QED) is 0.333. The highest BCUT2D eigenvalue weighted by atomic mass is 32.2. The Kier molecular flexibility index (Phi) is 6.35. The minimum atomic E-state index is -3.07. The second-order valence-electron chi connectivity index (χ2n) is 10.9. The molecule has 0 aromatic heterocycles. The van der Waals surface area contributed by atoms with Crippen LogP contribution in [0.4, 0.5) is 0 Å². The van der Waals surface area contributed by atoms with Crippen LogP contribution in [0.3, 0.4) is 0 Å². The van der Waals surface area contributed by atoms with Crippen molar-refractivity contribution in [3.8, 4) is 0 Å². The number of benzene rings is 2. The highest BCUT2D eigenvalue weighted by Crippen LogP contribution is 2.61. The summed E-state index contributed by atoms with van der Waals surface area (Å²) in [7, 11) is -3.07. The Morgan fingerprint density at radius 3 is 1.91 bits per heavy atom. The van der Waals surface area contributed by atoms with E-state index in [1.54, 1.807) is 0 Å². The van der Waals surface area contributed by atoms with Gasteiger partial charge in [0.05, 0.1) is 0 Å². The van der Waals surface area contributed by atoms with Crippen LogP contribution in [-0.4, -0.2) is 42.1 Å². The lowest BCUT2D eigenvalue weighted by Gasteiger charge is -2.50. The van der Waals surface area contributed by atoms with Gasteiger partial charge in [0.15, 0.2) is 11.4 Å². The molecule has 2 aromatic carbocycles. The maximum absolute atomic E-state index is 12.6. The molecule has 0 saturated carbocycles. The van der Waals surface area contributed by atoms with Crippen molar-refractivity contribution in [3.05, 3.63) is 60.7 Å². The number of hydrogen-bond donors (Lipinski definition) is 0. The van der Waals surface area contributed by atoms with Crippen LogP contribution in [0, 0.1) is 0 Å². The molecule has 5 nitrogen and oxygen atoms in total. The molecule has 2 saturated heterocycles. The van der Waals surface area contributed by atoms with E-state index in [0.717, 1.165) is 10.4 Å². The number of carbonyl (C=O) groups excluding carboxylic acids is 1. The normalized spacial score (nSPS) is 30.7. The van der Waals surface area contributed by atoms with Gasteiger partial charge in [-0.05, 0) is 36.2 Å². The highest BCUT2D eigenvalue weighted by Gasteiger charge is 2.75. The van der Waals surface area contributed by atoms with Crippen molar-refractivity contribution in [1.82, 2.24) is 0 Å². The van der Waals surface area contributed by atoms with E-state index in [1.165, 1.54) is 18.7 Å². The van der Waals surface area contributed by atoms with Crippen molar-refractivity contribution in [2.45, 2.75) is 88.3 Å². The Labute approximate surface area is 208 Å². The third kappa shape index (κ3) is 3.95. The molecule has 0 radical (unpaired) electrons. The summed E-state index contributed by atoms with van der Waals surface area (Å²) in [5, 5.41) is 0.527. The van der Waals surface area contributed by atoms with Gasteiger partial charge in [-0.25, -0.2) is 0 Å². The minimum Gasteiger partial charge on any atom is -0.421 e. The fraction of sp³-hybridized carbons (Fsp3) is 0.519. The van der Waals surface area contributed by atoms with E-state index in [1.807, 2.05) is 57.2 Å². The number of thioether (sulfide) groups is 1. The zero-order chi connectivity index (χ0) is 25.0. The summed E-state index contributed by atoms with van der Waals surface area (Å²) in [4.78, 5) is 12.6. The lowest BCUT2D eigenvalue weighted by atomic mass is 9.96. The summed E-state index contributed by atoms with van der Waals surface area (Å²) in [5.74, 6) is -1.23. The molecule has 2 fully saturated rings. The van der Waals surface area contributed by atoms with Gasteiger partial charge in [0.2, 0.25) is 0 Å². The maximum Gasteiger partial charge on any atom is 0.305 e. The van der Waals surface area contributed by atoms with Gasteiger partial charge in [-0.1, -0.05) is 100 Å². The molecule has 2 heterocycles. The molecule has 0 N–H and O–H groups in total. The first-order valence-electron chi connectivity index (χ1n) is 11.8. The number of hydrogen-bond acceptors (Lipinski definition) is 6. The van der Waals surface area contributed by atoms with Gasteiger partial charge in [-0.2, -0.15) is 0 Å². The van der Waals surface area contributed by atoms with E-state index in [0.29, 0.717) is 0 Å². The zero-order valence-corrected chi connectivity index (χ0v) is 23.2. The number of fused-ring (bicyclic) bond motifs is 1. The summed E-state index contributed by atoms with van der Waals surface area (Å²) < 4.78 is 26.6. The smallest absolute Gasteiger partial charge is 0.305 e. The summed E-state index contributed by atoms with van der Waals surface area (Å²) in [5.41, 5.74) is -1.00. The number of carbonyl (C=O) groups is 1. The number of esters is 1. The van der Waals surface area contributed by atoms with Gasteiger partial charge >= 0.3 is 5.97 Å². The van der Waals surface area contributed by atoms with Crippen LogP contribution in [0.2, 0.25) is 5.04 Å². The molecule has 2 aliphatic heterocycles. The minimum absolute atomic E-state index is 0.00987. The van der Waals surface area contributed by atoms with E-state index in [9.17, 15) is 4.79 Å². The molecular weight excluding hydrogens is 464 g/mol. The highest BCUT2D eigenvalue weighted by molar-refractivity contribution is 8.01. The Morgan fingerprint density at radius 2 is 1.47 bits per heavy atom. The first-order chi connectivity index (χ1) is 15.8. The van der Waals surface area contributed by atoms with Crippen LogP contribution in [0.15, 0.2) is 60.7 Å². The second kappa shape index (κ2) is 8.49. The van der Waals surface area contributed by atoms with Crippen molar-refractivity contribution in [3.63, 3.8) is 0 Å². The average Bonchev–Trinajstić information content (AvgIpc) is 3.11. The molecule has 2 aromatic rings. The maximum atomic E-state index is 12.6. The molecule has 7 heteroatoms. The Bertz CT molecular complexity index is 998. The van der Waals surface area contributed by atoms with Crippen LogP contribution < -0.4 is 10.4 Å². The fourth-order valence-electron chi connectivity index (χ4n) is 5.53. The van der Waals surface area contributed by atoms with Crippen LogP contribution in [0.5, 0.6) is 0 Å². The van der Waals surface area contributed by atoms with Crippen molar-refractivity contribution in [2.24, 2.45) is 0 Å². The zero-order valence-electron chi connectivity index (χ0n) is 21.4. The van der Waals surface area contributed by atoms with Crippen molar-refractivity contribution >= 4 is 36.4 Å². The Hall–Kier alpha value is -1.64. The average molecular weight is 501 g/mol. The first kappa shape index (κ1) is 25.4. The SMILES string of the molecule is CC(=O)OC1(O[Si](c2ccccc2)(c2ccccc2)C(C)(C)C)SC(C)C2OC(C)(C)OC21C. The topological polar surface area (TPSA) is 54.0 Å². The van der Waals surface area contributed by atoms with Gasteiger partial charge in [0.1, 0.15) is 6.10 Å². The fourth-order valence-corrected chi connectivity index (χ4v) is 12.2. The van der Waals surface area contributed by atoms with E-state index in [-0.39, 0.29) is 16.4 Å². The first-order valence-corrected chi connectivity index (χ1v) is 14.6. The van der Waals surface area contributed by atoms with E-state index in [4.69, 9.17) is 18.6 Å². The molecule has 4 atom stereocenters. The molecule has 0 bridgehead atoms. The molecule has 184 valence electrons. The van der Waals surface area contributed by atoms with Crippen LogP contribution in [0.1, 0.15) is 55.4 Å². The predicted molar refractivity (Wildman–Crippen MR) is 139 cm³/mol. The van der Waals surface area contributed by atoms with Crippen molar-refractivity contribution in [1.29, 1.82) is 0 Å². The number of rotatable bonds is 5. The molecule has 4 unspecified atom stereocenters. The summed E-state index contributed by atoms with van der Waals surface area (Å²) in [6.07, 6.45) is -0.301. The lowest BCUT2D eigenvalue weighted by Crippen LogP contribution is -2.72. The third-order valence-corrected chi connectivity index (χ3v) is 13.4. The number of ether oxygens (including phenoxy) is 3. The van der Waals surface area contributed by atoms with Gasteiger partial charge in [-0.15, -0.1) is 0 Å². The van der Waals surface area contributed by atoms with Gasteiger partial charge < -0.3 is 18.6 Å². The lowest BCUT2D eigenvalue weighted by molar-refractivity contribution is -0.244. The van der Waals surface area contributed by atoms with Crippen LogP contribution >= 0.6 is 11.8 Å². The van der Waals surface area contributed by atoms with Crippen LogP contribution in [-0.2, 0) is 23.4 Å². The second-order valence-corrected chi connectivity index (χ2v) is 16.6. The predicted octanol–water partition coefficient (Wildman–Crippen LogP) is 4.83. The van der Waals surface area contributed by atoms with E-state index >= 15 is 0 Å². The van der Waals surface area contributed by atoms with Gasteiger partial charge in [0, 0.05) is 12.2 Å². The molecule has 34 heavy (non-hydrogen) atoms. The van der Waals surface area contributed by atoms with E-state index < -0.39 is 30.8 Å². The largest absolute Gasteiger partial charge is 0.421 e. The van der Waals surface area contributed by atoms with E-state index in [2.05, 4.69) is 52.0 Å². The Balaban J connectivity index is 1.99. The molecule has 0 spiro atoms. The Morgan fingerprint density at radius 1 is 0.971 bits per heavy atom. The molecule has 4 rings (SSSR count). The standard InChI is InChI=1S/C27H36O5SSi/c1-19-23-26(8,31-25(6,7)30-23)27(33-19,29-20(2)28)32-34(24(3,4)5,21-15-11-9-12-16-21)22-17-13-10-14-18-22/h9-19,23H,1-8H3. The molecule has 0 amide bonds. The van der Waals surface area contributed by atoms with Crippen LogP contribution in [0.25, 0.3) is 0 Å².